The summed E-state index contributed by atoms with van der Waals surface area (Å²) in [5, 5.41) is 0.278. The van der Waals surface area contributed by atoms with Crippen molar-refractivity contribution >= 4 is 29.0 Å². The molecule has 1 unspecified atom stereocenters. The van der Waals surface area contributed by atoms with Gasteiger partial charge in [0.2, 0.25) is 0 Å². The van der Waals surface area contributed by atoms with Gasteiger partial charge in [0, 0.05) is 0 Å². The largest absolute Gasteiger partial charge is 0.379 e. The summed E-state index contributed by atoms with van der Waals surface area (Å²) in [6.45, 7) is 3.55. The van der Waals surface area contributed by atoms with Crippen LogP contribution in [0.25, 0.3) is 6.08 Å². The van der Waals surface area contributed by atoms with Gasteiger partial charge >= 0.3 is 11.4 Å². The highest BCUT2D eigenvalue weighted by Gasteiger charge is 2.04. The molecule has 70 valence electrons. The molecule has 1 atom stereocenters. The normalized spacial score (nSPS) is 12.2. The average Bonchev–Trinajstić information content (AvgIpc) is 2.08. The monoisotopic (exact) mass is 218 g/mol. The molecular formula is C8H7ClO3S. The van der Waals surface area contributed by atoms with Crippen LogP contribution in [0, 0.1) is 0 Å². The summed E-state index contributed by atoms with van der Waals surface area (Å²) in [5.41, 5.74) is 0.820. The molecule has 0 aromatic heterocycles. The van der Waals surface area contributed by atoms with E-state index < -0.39 is 11.4 Å². The van der Waals surface area contributed by atoms with Crippen LogP contribution in [0.3, 0.4) is 0 Å². The maximum absolute atomic E-state index is 10.3. The highest BCUT2D eigenvalue weighted by atomic mass is 35.5. The quantitative estimate of drug-likeness (QED) is 0.793. The maximum Gasteiger partial charge on any atom is 0.357 e. The predicted octanol–water partition coefficient (Wildman–Crippen LogP) is 2.50. The zero-order chi connectivity index (χ0) is 9.84. The fourth-order valence-corrected chi connectivity index (χ4v) is 1.36. The Bertz CT molecular complexity index is 351. The van der Waals surface area contributed by atoms with E-state index in [1.165, 1.54) is 6.07 Å². The minimum atomic E-state index is -2.35. The lowest BCUT2D eigenvalue weighted by Crippen LogP contribution is -1.97. The Hall–Kier alpha value is -0.840. The fourth-order valence-electron chi connectivity index (χ4n) is 0.788. The van der Waals surface area contributed by atoms with Crippen molar-refractivity contribution in [3.63, 3.8) is 0 Å². The molecule has 1 N–H and O–H groups in total. The second kappa shape index (κ2) is 4.41. The van der Waals surface area contributed by atoms with Gasteiger partial charge < -0.3 is 4.18 Å². The van der Waals surface area contributed by atoms with Crippen LogP contribution in [0.5, 0.6) is 5.75 Å². The summed E-state index contributed by atoms with van der Waals surface area (Å²) < 4.78 is 23.2. The Kier molecular flexibility index (Phi) is 3.48. The van der Waals surface area contributed by atoms with E-state index in [1.54, 1.807) is 18.2 Å². The molecule has 0 fully saturated rings. The second-order valence-electron chi connectivity index (χ2n) is 2.19. The Morgan fingerprint density at radius 2 is 2.31 bits per heavy atom. The van der Waals surface area contributed by atoms with Crippen LogP contribution < -0.4 is 4.18 Å². The van der Waals surface area contributed by atoms with Crippen LogP contribution in [0.15, 0.2) is 24.8 Å². The summed E-state index contributed by atoms with van der Waals surface area (Å²) in [4.78, 5) is 0. The number of hydrogen-bond acceptors (Lipinski definition) is 2. The van der Waals surface area contributed by atoms with Crippen molar-refractivity contribution in [2.24, 2.45) is 0 Å². The topological polar surface area (TPSA) is 46.5 Å². The lowest BCUT2D eigenvalue weighted by atomic mass is 10.2. The first kappa shape index (κ1) is 10.2. The van der Waals surface area contributed by atoms with Gasteiger partial charge in [0.1, 0.15) is 0 Å². The van der Waals surface area contributed by atoms with Gasteiger partial charge in [0.15, 0.2) is 5.75 Å². The first-order valence-electron chi connectivity index (χ1n) is 3.34. The molecule has 0 aliphatic carbocycles. The van der Waals surface area contributed by atoms with E-state index in [9.17, 15) is 4.21 Å². The molecule has 0 spiro atoms. The lowest BCUT2D eigenvalue weighted by molar-refractivity contribution is 0.458. The van der Waals surface area contributed by atoms with E-state index in [1.807, 2.05) is 0 Å². The van der Waals surface area contributed by atoms with Gasteiger partial charge in [-0.15, -0.1) is 0 Å². The smallest absolute Gasteiger partial charge is 0.357 e. The first-order chi connectivity index (χ1) is 6.13. The summed E-state index contributed by atoms with van der Waals surface area (Å²) in [7, 11) is 0. The van der Waals surface area contributed by atoms with Crippen molar-refractivity contribution in [2.45, 2.75) is 0 Å². The molecule has 0 radical (unpaired) electrons. The summed E-state index contributed by atoms with van der Waals surface area (Å²) in [5.74, 6) is 0.174. The van der Waals surface area contributed by atoms with Crippen molar-refractivity contribution in [1.29, 1.82) is 0 Å². The number of benzene rings is 1. The van der Waals surface area contributed by atoms with Gasteiger partial charge in [0.05, 0.1) is 5.02 Å². The Morgan fingerprint density at radius 3 is 2.77 bits per heavy atom. The third-order valence-corrected chi connectivity index (χ3v) is 1.97. The Morgan fingerprint density at radius 1 is 1.62 bits per heavy atom. The summed E-state index contributed by atoms with van der Waals surface area (Å²) >= 11 is 3.39. The molecule has 0 saturated carbocycles. The molecule has 1 aromatic rings. The molecule has 0 aliphatic rings. The molecule has 0 saturated heterocycles. The minimum Gasteiger partial charge on any atom is -0.379 e. The number of hydrogen-bond donors (Lipinski definition) is 1. The van der Waals surface area contributed by atoms with E-state index in [0.717, 1.165) is 5.56 Å². The van der Waals surface area contributed by atoms with Crippen LogP contribution in [0.4, 0.5) is 0 Å². The van der Waals surface area contributed by atoms with Crippen molar-refractivity contribution < 1.29 is 12.9 Å². The summed E-state index contributed by atoms with van der Waals surface area (Å²) in [6, 6.07) is 4.78. The summed E-state index contributed by atoms with van der Waals surface area (Å²) in [6.07, 6.45) is 1.62. The SMILES string of the molecule is C=Cc1ccc(OS(=O)O)c(Cl)c1. The molecule has 5 heteroatoms. The van der Waals surface area contributed by atoms with E-state index in [2.05, 4.69) is 10.8 Å². The average molecular weight is 219 g/mol. The zero-order valence-electron chi connectivity index (χ0n) is 6.57. The van der Waals surface area contributed by atoms with Crippen molar-refractivity contribution in [2.75, 3.05) is 0 Å². The molecule has 1 rings (SSSR count). The van der Waals surface area contributed by atoms with Crippen molar-refractivity contribution in [3.8, 4) is 5.75 Å². The molecule has 0 bridgehead atoms. The predicted molar refractivity (Wildman–Crippen MR) is 52.9 cm³/mol. The Labute approximate surface area is 83.5 Å². The van der Waals surface area contributed by atoms with Gasteiger partial charge in [0.25, 0.3) is 0 Å². The third-order valence-electron chi connectivity index (χ3n) is 1.35. The van der Waals surface area contributed by atoms with E-state index in [4.69, 9.17) is 16.2 Å². The lowest BCUT2D eigenvalue weighted by Gasteiger charge is -2.02. The van der Waals surface area contributed by atoms with Crippen LogP contribution >= 0.6 is 11.6 Å². The minimum absolute atomic E-state index is 0.174. The fraction of sp³-hybridized carbons (Fsp3) is 0. The third kappa shape index (κ3) is 2.84. The van der Waals surface area contributed by atoms with Crippen LogP contribution in [0.1, 0.15) is 5.56 Å². The molecule has 0 amide bonds. The Balaban J connectivity index is 2.98. The van der Waals surface area contributed by atoms with Gasteiger partial charge in [-0.05, 0) is 17.7 Å². The maximum atomic E-state index is 10.3. The highest BCUT2D eigenvalue weighted by molar-refractivity contribution is 7.74. The van der Waals surface area contributed by atoms with Crippen LogP contribution in [-0.4, -0.2) is 8.76 Å². The number of rotatable bonds is 3. The van der Waals surface area contributed by atoms with E-state index in [0.29, 0.717) is 0 Å². The zero-order valence-corrected chi connectivity index (χ0v) is 8.14. The van der Waals surface area contributed by atoms with E-state index in [-0.39, 0.29) is 10.8 Å². The standard InChI is InChI=1S/C8H7ClO3S/c1-2-6-3-4-8(7(9)5-6)12-13(10)11/h2-5H,1H2,(H,10,11). The van der Waals surface area contributed by atoms with E-state index >= 15 is 0 Å². The number of halogens is 1. The van der Waals surface area contributed by atoms with Gasteiger partial charge in [-0.2, -0.15) is 4.21 Å². The molecule has 13 heavy (non-hydrogen) atoms. The van der Waals surface area contributed by atoms with Gasteiger partial charge in [-0.25, -0.2) is 0 Å². The van der Waals surface area contributed by atoms with Gasteiger partial charge in [-0.1, -0.05) is 30.3 Å². The molecule has 0 aliphatic heterocycles. The van der Waals surface area contributed by atoms with Crippen molar-refractivity contribution in [1.82, 2.24) is 0 Å². The van der Waals surface area contributed by atoms with Crippen molar-refractivity contribution in [3.05, 3.63) is 35.4 Å². The highest BCUT2D eigenvalue weighted by Crippen LogP contribution is 2.26. The first-order valence-corrected chi connectivity index (χ1v) is 4.75. The molecule has 0 heterocycles. The molecule has 3 nitrogen and oxygen atoms in total. The molecular weight excluding hydrogens is 212 g/mol. The molecule has 1 aromatic carbocycles. The second-order valence-corrected chi connectivity index (χ2v) is 3.20. The van der Waals surface area contributed by atoms with Crippen LogP contribution in [-0.2, 0) is 11.4 Å². The van der Waals surface area contributed by atoms with Gasteiger partial charge in [-0.3, -0.25) is 4.55 Å². The van der Waals surface area contributed by atoms with Crippen LogP contribution in [0.2, 0.25) is 5.02 Å².